The average Bonchev–Trinajstić information content (AvgIpc) is 2.26. The molecule has 1 rings (SSSR count). The Balaban J connectivity index is 2.48. The summed E-state index contributed by atoms with van der Waals surface area (Å²) in [6.07, 6.45) is 5.84. The monoisotopic (exact) mass is 218 g/mol. The van der Waals surface area contributed by atoms with E-state index in [0.29, 0.717) is 0 Å². The molecule has 0 radical (unpaired) electrons. The van der Waals surface area contributed by atoms with Crippen molar-refractivity contribution in [2.45, 2.75) is 38.4 Å². The van der Waals surface area contributed by atoms with Gasteiger partial charge in [0.2, 0.25) is 0 Å². The van der Waals surface area contributed by atoms with Crippen molar-refractivity contribution in [3.63, 3.8) is 0 Å². The maximum absolute atomic E-state index is 3.76. The Kier molecular flexibility index (Phi) is 4.83. The lowest BCUT2D eigenvalue weighted by atomic mass is 10.2. The molecule has 0 aromatic heterocycles. The predicted octanol–water partition coefficient (Wildman–Crippen LogP) is 3.96. The minimum Gasteiger partial charge on any atom is -0.103 e. The molecular weight excluding hydrogens is 196 g/mol. The Morgan fingerprint density at radius 3 is 2.40 bits per heavy atom. The van der Waals surface area contributed by atoms with Gasteiger partial charge < -0.3 is 0 Å². The summed E-state index contributed by atoms with van der Waals surface area (Å²) < 4.78 is 0. The minimum atomic E-state index is -1.16. The Hall–Kier alpha value is -0.823. The number of unbranched alkanes of at least 4 members (excludes halogenated alkanes) is 2. The highest BCUT2D eigenvalue weighted by Crippen LogP contribution is 2.14. The molecule has 0 aliphatic rings. The van der Waals surface area contributed by atoms with Gasteiger partial charge in [0.15, 0.2) is 0 Å². The molecule has 0 saturated carbocycles. The third-order valence-corrected chi connectivity index (χ3v) is 6.52. The van der Waals surface area contributed by atoms with E-state index in [4.69, 9.17) is 0 Å². The van der Waals surface area contributed by atoms with Gasteiger partial charge in [0.05, 0.1) is 8.07 Å². The number of benzene rings is 1. The van der Waals surface area contributed by atoms with Gasteiger partial charge in [-0.1, -0.05) is 73.6 Å². The van der Waals surface area contributed by atoms with E-state index in [9.17, 15) is 0 Å². The molecule has 0 bridgehead atoms. The van der Waals surface area contributed by atoms with Crippen molar-refractivity contribution in [3.05, 3.63) is 43.0 Å². The molecule has 0 spiro atoms. The van der Waals surface area contributed by atoms with Crippen molar-refractivity contribution >= 4 is 13.3 Å². The number of allylic oxidation sites excluding steroid dienone is 1. The number of rotatable bonds is 6. The van der Waals surface area contributed by atoms with Crippen LogP contribution in [0.25, 0.3) is 0 Å². The summed E-state index contributed by atoms with van der Waals surface area (Å²) in [6.45, 7) is 8.70. The smallest absolute Gasteiger partial charge is 0.0806 e. The van der Waals surface area contributed by atoms with Crippen LogP contribution in [0.2, 0.25) is 19.1 Å². The van der Waals surface area contributed by atoms with E-state index in [1.807, 2.05) is 6.08 Å². The molecule has 15 heavy (non-hydrogen) atoms. The van der Waals surface area contributed by atoms with E-state index in [1.54, 1.807) is 5.19 Å². The lowest BCUT2D eigenvalue weighted by Gasteiger charge is -2.22. The quantitative estimate of drug-likeness (QED) is 0.385. The van der Waals surface area contributed by atoms with Crippen LogP contribution in [-0.2, 0) is 0 Å². The lowest BCUT2D eigenvalue weighted by molar-refractivity contribution is 0.805. The molecule has 1 aromatic carbocycles. The van der Waals surface area contributed by atoms with Crippen LogP contribution in [0.4, 0.5) is 0 Å². The number of hydrogen-bond donors (Lipinski definition) is 0. The molecule has 1 heteroatoms. The first-order valence-corrected chi connectivity index (χ1v) is 9.04. The average molecular weight is 218 g/mol. The van der Waals surface area contributed by atoms with Gasteiger partial charge in [-0.2, -0.15) is 0 Å². The Bertz CT molecular complexity index is 287. The SMILES string of the molecule is C=CCCCC[Si](C)(C)c1ccccc1. The van der Waals surface area contributed by atoms with Crippen LogP contribution in [0.5, 0.6) is 0 Å². The van der Waals surface area contributed by atoms with Gasteiger partial charge >= 0.3 is 0 Å². The van der Waals surface area contributed by atoms with Gasteiger partial charge in [0.1, 0.15) is 0 Å². The maximum Gasteiger partial charge on any atom is 0.0806 e. The second-order valence-electron chi connectivity index (χ2n) is 4.78. The fourth-order valence-corrected chi connectivity index (χ4v) is 4.41. The third-order valence-electron chi connectivity index (χ3n) is 3.02. The van der Waals surface area contributed by atoms with Crippen molar-refractivity contribution in [2.24, 2.45) is 0 Å². The van der Waals surface area contributed by atoms with Crippen LogP contribution in [0, 0.1) is 0 Å². The zero-order valence-corrected chi connectivity index (χ0v) is 11.0. The fraction of sp³-hybridized carbons (Fsp3) is 0.429. The molecule has 0 atom stereocenters. The molecule has 0 aliphatic carbocycles. The summed E-state index contributed by atoms with van der Waals surface area (Å²) in [5.41, 5.74) is 0. The van der Waals surface area contributed by atoms with E-state index in [-0.39, 0.29) is 0 Å². The highest BCUT2D eigenvalue weighted by molar-refractivity contribution is 6.89. The molecule has 1 aromatic rings. The van der Waals surface area contributed by atoms with Crippen molar-refractivity contribution in [2.75, 3.05) is 0 Å². The molecule has 0 amide bonds. The fourth-order valence-electron chi connectivity index (χ4n) is 1.89. The van der Waals surface area contributed by atoms with Crippen molar-refractivity contribution in [1.82, 2.24) is 0 Å². The molecule has 0 aliphatic heterocycles. The number of hydrogen-bond acceptors (Lipinski definition) is 0. The third kappa shape index (κ3) is 4.04. The van der Waals surface area contributed by atoms with E-state index in [1.165, 1.54) is 25.3 Å². The summed E-state index contributed by atoms with van der Waals surface area (Å²) in [5.74, 6) is 0. The topological polar surface area (TPSA) is 0 Å². The first kappa shape index (κ1) is 12.2. The lowest BCUT2D eigenvalue weighted by Crippen LogP contribution is -2.40. The summed E-state index contributed by atoms with van der Waals surface area (Å²) in [5, 5.41) is 1.59. The van der Waals surface area contributed by atoms with Gasteiger partial charge in [-0.15, -0.1) is 6.58 Å². The van der Waals surface area contributed by atoms with Crippen LogP contribution in [0.3, 0.4) is 0 Å². The molecule has 0 saturated heterocycles. The molecule has 82 valence electrons. The molecule has 0 unspecified atom stereocenters. The molecule has 0 N–H and O–H groups in total. The van der Waals surface area contributed by atoms with E-state index in [0.717, 1.165) is 0 Å². The van der Waals surface area contributed by atoms with Gasteiger partial charge in [-0.05, 0) is 6.42 Å². The molecular formula is C14H22Si. The summed E-state index contributed by atoms with van der Waals surface area (Å²) >= 11 is 0. The highest BCUT2D eigenvalue weighted by atomic mass is 28.3. The van der Waals surface area contributed by atoms with Gasteiger partial charge in [0.25, 0.3) is 0 Å². The van der Waals surface area contributed by atoms with Crippen molar-refractivity contribution < 1.29 is 0 Å². The van der Waals surface area contributed by atoms with Crippen LogP contribution >= 0.6 is 0 Å². The molecule has 0 nitrogen and oxygen atoms in total. The minimum absolute atomic E-state index is 1.16. The largest absolute Gasteiger partial charge is 0.103 e. The van der Waals surface area contributed by atoms with Crippen LogP contribution in [-0.4, -0.2) is 8.07 Å². The van der Waals surface area contributed by atoms with Crippen molar-refractivity contribution in [1.29, 1.82) is 0 Å². The van der Waals surface area contributed by atoms with Gasteiger partial charge in [0, 0.05) is 0 Å². The standard InChI is InChI=1S/C14H22Si/c1-4-5-6-10-13-15(2,3)14-11-8-7-9-12-14/h4,7-9,11-12H,1,5-6,10,13H2,2-3H3. The first-order chi connectivity index (χ1) is 7.17. The summed E-state index contributed by atoms with van der Waals surface area (Å²) in [7, 11) is -1.16. The van der Waals surface area contributed by atoms with E-state index in [2.05, 4.69) is 50.0 Å². The Morgan fingerprint density at radius 1 is 1.13 bits per heavy atom. The summed E-state index contributed by atoms with van der Waals surface area (Å²) in [6, 6.07) is 12.4. The van der Waals surface area contributed by atoms with Crippen LogP contribution < -0.4 is 5.19 Å². The second kappa shape index (κ2) is 5.91. The highest BCUT2D eigenvalue weighted by Gasteiger charge is 2.21. The Morgan fingerprint density at radius 2 is 1.80 bits per heavy atom. The zero-order chi connectivity index (χ0) is 11.1. The van der Waals surface area contributed by atoms with Crippen molar-refractivity contribution in [3.8, 4) is 0 Å². The normalized spacial score (nSPS) is 11.3. The van der Waals surface area contributed by atoms with Gasteiger partial charge in [-0.25, -0.2) is 0 Å². The molecule has 0 heterocycles. The second-order valence-corrected chi connectivity index (χ2v) is 9.63. The maximum atomic E-state index is 3.76. The van der Waals surface area contributed by atoms with Crippen LogP contribution in [0.15, 0.2) is 43.0 Å². The first-order valence-electron chi connectivity index (χ1n) is 5.83. The summed E-state index contributed by atoms with van der Waals surface area (Å²) in [4.78, 5) is 0. The van der Waals surface area contributed by atoms with Gasteiger partial charge in [-0.3, -0.25) is 0 Å². The van der Waals surface area contributed by atoms with Crippen LogP contribution in [0.1, 0.15) is 19.3 Å². The zero-order valence-electron chi connectivity index (χ0n) is 10.00. The Labute approximate surface area is 95.0 Å². The molecule has 0 fully saturated rings. The predicted molar refractivity (Wildman–Crippen MR) is 72.4 cm³/mol. The van der Waals surface area contributed by atoms with E-state index >= 15 is 0 Å². The van der Waals surface area contributed by atoms with E-state index < -0.39 is 8.07 Å².